The molecule has 2 aromatic heterocycles. The molecule has 160 valence electrons. The van der Waals surface area contributed by atoms with Gasteiger partial charge in [0.1, 0.15) is 0 Å². The monoisotopic (exact) mass is 416 g/mol. The third-order valence-corrected chi connectivity index (χ3v) is 7.00. The highest BCUT2D eigenvalue weighted by atomic mass is 32.1. The highest BCUT2D eigenvalue weighted by Crippen LogP contribution is 2.29. The molecular weight excluding hydrogens is 380 g/mol. The summed E-state index contributed by atoms with van der Waals surface area (Å²) in [5, 5.41) is 10.0. The van der Waals surface area contributed by atoms with E-state index in [9.17, 15) is 4.79 Å². The molecule has 1 fully saturated rings. The van der Waals surface area contributed by atoms with E-state index in [-0.39, 0.29) is 11.9 Å². The summed E-state index contributed by atoms with van der Waals surface area (Å²) in [6, 6.07) is 4.58. The van der Waals surface area contributed by atoms with Crippen LogP contribution in [-0.4, -0.2) is 40.2 Å². The van der Waals surface area contributed by atoms with Crippen LogP contribution in [-0.2, 0) is 17.8 Å². The molecule has 1 saturated heterocycles. The van der Waals surface area contributed by atoms with Gasteiger partial charge < -0.3 is 5.32 Å². The van der Waals surface area contributed by atoms with Gasteiger partial charge in [-0.2, -0.15) is 5.10 Å². The van der Waals surface area contributed by atoms with Crippen LogP contribution in [0.2, 0.25) is 0 Å². The van der Waals surface area contributed by atoms with Gasteiger partial charge in [-0.25, -0.2) is 0 Å². The number of aromatic nitrogens is 2. The van der Waals surface area contributed by atoms with Crippen molar-refractivity contribution in [2.45, 2.75) is 66.5 Å². The zero-order valence-electron chi connectivity index (χ0n) is 18.6. The van der Waals surface area contributed by atoms with Gasteiger partial charge in [0.05, 0.1) is 18.2 Å². The maximum atomic E-state index is 12.8. The number of nitrogens with one attached hydrogen (secondary N) is 1. The van der Waals surface area contributed by atoms with Crippen molar-refractivity contribution >= 4 is 17.2 Å². The molecule has 3 heterocycles. The van der Waals surface area contributed by atoms with E-state index in [0.717, 1.165) is 42.5 Å². The van der Waals surface area contributed by atoms with Gasteiger partial charge >= 0.3 is 0 Å². The van der Waals surface area contributed by atoms with Crippen LogP contribution in [0.1, 0.15) is 61.5 Å². The van der Waals surface area contributed by atoms with Crippen LogP contribution in [0.25, 0.3) is 0 Å². The van der Waals surface area contributed by atoms with E-state index < -0.39 is 0 Å². The van der Waals surface area contributed by atoms with E-state index in [1.165, 1.54) is 17.7 Å². The number of nitrogens with zero attached hydrogens (tertiary/aromatic N) is 3. The number of hydrogen-bond donors (Lipinski definition) is 1. The molecule has 1 amide bonds. The van der Waals surface area contributed by atoms with E-state index in [2.05, 4.69) is 60.5 Å². The minimum atomic E-state index is 0.0900. The van der Waals surface area contributed by atoms with Crippen LogP contribution in [0.4, 0.5) is 0 Å². The minimum Gasteiger partial charge on any atom is -0.354 e. The summed E-state index contributed by atoms with van der Waals surface area (Å²) in [5.41, 5.74) is 3.16. The Hall–Kier alpha value is -1.66. The van der Waals surface area contributed by atoms with E-state index in [0.29, 0.717) is 18.9 Å². The second-order valence-corrected chi connectivity index (χ2v) is 9.94. The normalized spacial score (nSPS) is 17.0. The summed E-state index contributed by atoms with van der Waals surface area (Å²) < 4.78 is 2.05. The first-order valence-electron chi connectivity index (χ1n) is 10.9. The summed E-state index contributed by atoms with van der Waals surface area (Å²) in [4.78, 5) is 16.7. The molecule has 1 unspecified atom stereocenters. The van der Waals surface area contributed by atoms with Crippen molar-refractivity contribution in [3.8, 4) is 0 Å². The second-order valence-electron chi connectivity index (χ2n) is 8.96. The lowest BCUT2D eigenvalue weighted by atomic mass is 9.97. The lowest BCUT2D eigenvalue weighted by molar-refractivity contribution is -0.120. The Labute approximate surface area is 179 Å². The summed E-state index contributed by atoms with van der Waals surface area (Å²) in [5.74, 6) is 1.43. The molecule has 0 aromatic carbocycles. The summed E-state index contributed by atoms with van der Waals surface area (Å²) in [6.45, 7) is 14.6. The van der Waals surface area contributed by atoms with Gasteiger partial charge in [-0.15, -0.1) is 11.3 Å². The van der Waals surface area contributed by atoms with E-state index >= 15 is 0 Å². The van der Waals surface area contributed by atoms with Gasteiger partial charge in [0.25, 0.3) is 0 Å². The number of piperidine rings is 1. The van der Waals surface area contributed by atoms with Gasteiger partial charge in [-0.1, -0.05) is 26.8 Å². The molecule has 0 aliphatic carbocycles. The zero-order chi connectivity index (χ0) is 21.0. The van der Waals surface area contributed by atoms with Crippen LogP contribution in [0.5, 0.6) is 0 Å². The molecule has 29 heavy (non-hydrogen) atoms. The van der Waals surface area contributed by atoms with Crippen LogP contribution < -0.4 is 5.32 Å². The molecule has 0 radical (unpaired) electrons. The highest BCUT2D eigenvalue weighted by Gasteiger charge is 2.26. The summed E-state index contributed by atoms with van der Waals surface area (Å²) >= 11 is 1.79. The first-order chi connectivity index (χ1) is 13.8. The van der Waals surface area contributed by atoms with Gasteiger partial charge in [-0.3, -0.25) is 14.4 Å². The predicted molar refractivity (Wildman–Crippen MR) is 120 cm³/mol. The number of likely N-dealkylation sites (tertiary alicyclic amines) is 1. The smallest absolute Gasteiger partial charge is 0.224 e. The fourth-order valence-electron chi connectivity index (χ4n) is 4.18. The minimum absolute atomic E-state index is 0.0900. The number of aryl methyl sites for hydroxylation is 1. The Balaban J connectivity index is 1.63. The maximum Gasteiger partial charge on any atom is 0.224 e. The highest BCUT2D eigenvalue weighted by molar-refractivity contribution is 7.10. The molecule has 0 bridgehead atoms. The predicted octanol–water partition coefficient (Wildman–Crippen LogP) is 4.35. The Bertz CT molecular complexity index is 788. The van der Waals surface area contributed by atoms with Crippen molar-refractivity contribution in [3.05, 3.63) is 39.3 Å². The molecule has 1 atom stereocenters. The lowest BCUT2D eigenvalue weighted by Gasteiger charge is -2.36. The molecule has 1 aliphatic heterocycles. The summed E-state index contributed by atoms with van der Waals surface area (Å²) in [6.07, 6.45) is 2.89. The van der Waals surface area contributed by atoms with Crippen LogP contribution >= 0.6 is 11.3 Å². The lowest BCUT2D eigenvalue weighted by Crippen LogP contribution is -2.42. The van der Waals surface area contributed by atoms with Crippen molar-refractivity contribution < 1.29 is 4.79 Å². The number of hydrogen-bond acceptors (Lipinski definition) is 4. The number of rotatable bonds is 8. The molecule has 1 N–H and O–H groups in total. The van der Waals surface area contributed by atoms with Gasteiger partial charge in [0, 0.05) is 29.2 Å². The third kappa shape index (κ3) is 5.70. The molecule has 1 aliphatic rings. The topological polar surface area (TPSA) is 50.2 Å². The van der Waals surface area contributed by atoms with E-state index in [1.54, 1.807) is 11.3 Å². The van der Waals surface area contributed by atoms with Crippen LogP contribution in [0, 0.1) is 25.7 Å². The van der Waals surface area contributed by atoms with Crippen molar-refractivity contribution in [3.63, 3.8) is 0 Å². The quantitative estimate of drug-likeness (QED) is 0.696. The number of amides is 1. The summed E-state index contributed by atoms with van der Waals surface area (Å²) in [7, 11) is 0. The number of thiophene rings is 1. The third-order valence-electron chi connectivity index (χ3n) is 6.03. The SMILES string of the molecule is Cc1nn(CC(C)C)c(C)c1CC(=O)NCC(c1cccs1)N1CCC(C)CC1. The largest absolute Gasteiger partial charge is 0.354 e. The van der Waals surface area contributed by atoms with Crippen molar-refractivity contribution in [2.24, 2.45) is 11.8 Å². The molecule has 5 nitrogen and oxygen atoms in total. The number of carbonyl (C=O) groups is 1. The van der Waals surface area contributed by atoms with Gasteiger partial charge in [0.2, 0.25) is 5.91 Å². The van der Waals surface area contributed by atoms with Gasteiger partial charge in [-0.05, 0) is 63.1 Å². The molecule has 2 aromatic rings. The average molecular weight is 417 g/mol. The Kier molecular flexibility index (Phi) is 7.52. The van der Waals surface area contributed by atoms with E-state index in [4.69, 9.17) is 0 Å². The second kappa shape index (κ2) is 9.90. The van der Waals surface area contributed by atoms with Crippen molar-refractivity contribution in [2.75, 3.05) is 19.6 Å². The van der Waals surface area contributed by atoms with Gasteiger partial charge in [0.15, 0.2) is 0 Å². The Morgan fingerprint density at radius 1 is 1.31 bits per heavy atom. The van der Waals surface area contributed by atoms with Crippen molar-refractivity contribution in [1.29, 1.82) is 0 Å². The first-order valence-corrected chi connectivity index (χ1v) is 11.8. The average Bonchev–Trinajstić information content (AvgIpc) is 3.28. The molecule has 6 heteroatoms. The maximum absolute atomic E-state index is 12.8. The molecule has 0 saturated carbocycles. The molecule has 0 spiro atoms. The molecule has 3 rings (SSSR count). The van der Waals surface area contributed by atoms with Crippen LogP contribution in [0.3, 0.4) is 0 Å². The Morgan fingerprint density at radius 3 is 2.66 bits per heavy atom. The standard InChI is InChI=1S/C23H36N4OS/c1-16(2)15-27-19(5)20(18(4)25-27)13-23(28)24-14-21(22-7-6-12-29-22)26-10-8-17(3)9-11-26/h6-7,12,16-17,21H,8-11,13-15H2,1-5H3,(H,24,28). The van der Waals surface area contributed by atoms with Crippen LogP contribution in [0.15, 0.2) is 17.5 Å². The van der Waals surface area contributed by atoms with Crippen molar-refractivity contribution in [1.82, 2.24) is 20.0 Å². The number of carbonyl (C=O) groups excluding carboxylic acids is 1. The van der Waals surface area contributed by atoms with E-state index in [1.807, 2.05) is 11.6 Å². The fraction of sp³-hybridized carbons (Fsp3) is 0.652. The fourth-order valence-corrected chi connectivity index (χ4v) is 5.04. The Morgan fingerprint density at radius 2 is 2.03 bits per heavy atom. The molecular formula is C23H36N4OS. The zero-order valence-corrected chi connectivity index (χ0v) is 19.4. The first kappa shape index (κ1) is 22.0.